The van der Waals surface area contributed by atoms with E-state index in [2.05, 4.69) is 0 Å². The molecule has 12 heavy (non-hydrogen) atoms. The predicted octanol–water partition coefficient (Wildman–Crippen LogP) is 0.367. The summed E-state index contributed by atoms with van der Waals surface area (Å²) >= 11 is 0. The van der Waals surface area contributed by atoms with Gasteiger partial charge in [-0.15, -0.1) is 0 Å². The molecule has 3 nitrogen and oxygen atoms in total. The fourth-order valence-corrected chi connectivity index (χ4v) is 1.25. The maximum absolute atomic E-state index is 11.2. The van der Waals surface area contributed by atoms with Gasteiger partial charge >= 0.3 is 0 Å². The Morgan fingerprint density at radius 2 is 2.25 bits per heavy atom. The summed E-state index contributed by atoms with van der Waals surface area (Å²) in [7, 11) is 1.70. The highest BCUT2D eigenvalue weighted by Gasteiger charge is 2.42. The minimum atomic E-state index is -0.687. The van der Waals surface area contributed by atoms with Crippen LogP contribution in [-0.2, 0) is 12.6 Å². The van der Waals surface area contributed by atoms with E-state index in [1.54, 1.807) is 19.3 Å². The van der Waals surface area contributed by atoms with Crippen LogP contribution in [0.4, 0.5) is 0 Å². The molecule has 1 heterocycles. The van der Waals surface area contributed by atoms with Gasteiger partial charge < -0.3 is 9.67 Å². The fraction of sp³-hybridized carbons (Fsp3) is 0.444. The average Bonchev–Trinajstić information content (AvgIpc) is 2.75. The van der Waals surface area contributed by atoms with Gasteiger partial charge in [-0.1, -0.05) is 0 Å². The molecule has 0 saturated heterocycles. The molecule has 3 heteroatoms. The molecule has 1 aliphatic rings. The van der Waals surface area contributed by atoms with E-state index in [4.69, 9.17) is 0 Å². The Morgan fingerprint density at radius 1 is 1.58 bits per heavy atom. The number of aromatic nitrogens is 1. The van der Waals surface area contributed by atoms with E-state index in [9.17, 15) is 9.90 Å². The second-order valence-corrected chi connectivity index (χ2v) is 3.40. The van der Waals surface area contributed by atoms with Gasteiger partial charge in [-0.25, -0.2) is 0 Å². The standard InChI is InChI=1S/C9H11NO2/c1-10-5-2-7(6-8(10)11)9(12)3-4-9/h2,5-6,12H,3-4H2,1H3. The molecule has 1 fully saturated rings. The summed E-state index contributed by atoms with van der Waals surface area (Å²) in [5.41, 5.74) is 0.00590. The summed E-state index contributed by atoms with van der Waals surface area (Å²) in [6.45, 7) is 0. The monoisotopic (exact) mass is 165 g/mol. The zero-order chi connectivity index (χ0) is 8.77. The molecular formula is C9H11NO2. The summed E-state index contributed by atoms with van der Waals surface area (Å²) in [4.78, 5) is 11.2. The molecule has 1 aromatic rings. The van der Waals surface area contributed by atoms with Gasteiger partial charge in [-0.2, -0.15) is 0 Å². The number of aryl methyl sites for hydroxylation is 1. The second-order valence-electron chi connectivity index (χ2n) is 3.40. The number of aliphatic hydroxyl groups is 1. The van der Waals surface area contributed by atoms with Crippen molar-refractivity contribution in [3.63, 3.8) is 0 Å². The van der Waals surface area contributed by atoms with E-state index in [1.807, 2.05) is 0 Å². The zero-order valence-corrected chi connectivity index (χ0v) is 6.95. The lowest BCUT2D eigenvalue weighted by Gasteiger charge is -2.07. The third-order valence-corrected chi connectivity index (χ3v) is 2.37. The van der Waals surface area contributed by atoms with E-state index >= 15 is 0 Å². The van der Waals surface area contributed by atoms with Gasteiger partial charge in [0, 0.05) is 19.3 Å². The van der Waals surface area contributed by atoms with Crippen molar-refractivity contribution in [2.45, 2.75) is 18.4 Å². The lowest BCUT2D eigenvalue weighted by Crippen LogP contribution is -2.18. The largest absolute Gasteiger partial charge is 0.385 e. The quantitative estimate of drug-likeness (QED) is 0.653. The van der Waals surface area contributed by atoms with Gasteiger partial charge in [-0.3, -0.25) is 4.79 Å². The van der Waals surface area contributed by atoms with Gasteiger partial charge in [0.05, 0.1) is 5.60 Å². The average molecular weight is 165 g/mol. The normalized spacial score (nSPS) is 19.2. The van der Waals surface area contributed by atoms with Crippen LogP contribution in [0, 0.1) is 0 Å². The minimum absolute atomic E-state index is 0.0622. The van der Waals surface area contributed by atoms with Crippen molar-refractivity contribution < 1.29 is 5.11 Å². The van der Waals surface area contributed by atoms with Crippen molar-refractivity contribution in [2.24, 2.45) is 7.05 Å². The number of rotatable bonds is 1. The Kier molecular flexibility index (Phi) is 1.38. The van der Waals surface area contributed by atoms with Gasteiger partial charge in [0.15, 0.2) is 0 Å². The molecular weight excluding hydrogens is 154 g/mol. The summed E-state index contributed by atoms with van der Waals surface area (Å²) in [5, 5.41) is 9.67. The van der Waals surface area contributed by atoms with E-state index < -0.39 is 5.60 Å². The maximum Gasteiger partial charge on any atom is 0.250 e. The molecule has 0 atom stereocenters. The lowest BCUT2D eigenvalue weighted by molar-refractivity contribution is 0.151. The van der Waals surface area contributed by atoms with Crippen LogP contribution in [-0.4, -0.2) is 9.67 Å². The van der Waals surface area contributed by atoms with Crippen LogP contribution in [0.2, 0.25) is 0 Å². The molecule has 2 rings (SSSR count). The first-order valence-electron chi connectivity index (χ1n) is 4.01. The Bertz CT molecular complexity index is 363. The molecule has 0 radical (unpaired) electrons. The van der Waals surface area contributed by atoms with Crippen molar-refractivity contribution in [1.29, 1.82) is 0 Å². The smallest absolute Gasteiger partial charge is 0.250 e. The maximum atomic E-state index is 11.2. The molecule has 0 amide bonds. The van der Waals surface area contributed by atoms with Crippen LogP contribution in [0.5, 0.6) is 0 Å². The van der Waals surface area contributed by atoms with E-state index in [0.29, 0.717) is 0 Å². The van der Waals surface area contributed by atoms with Gasteiger partial charge in [0.1, 0.15) is 0 Å². The molecule has 0 bridgehead atoms. The van der Waals surface area contributed by atoms with E-state index in [0.717, 1.165) is 18.4 Å². The highest BCUT2D eigenvalue weighted by Crippen LogP contribution is 2.44. The predicted molar refractivity (Wildman–Crippen MR) is 44.8 cm³/mol. The van der Waals surface area contributed by atoms with Crippen LogP contribution in [0.3, 0.4) is 0 Å². The first kappa shape index (κ1) is 7.55. The third kappa shape index (κ3) is 1.06. The molecule has 1 aliphatic carbocycles. The fourth-order valence-electron chi connectivity index (χ4n) is 1.25. The summed E-state index contributed by atoms with van der Waals surface area (Å²) in [6.07, 6.45) is 3.24. The summed E-state index contributed by atoms with van der Waals surface area (Å²) in [5.74, 6) is 0. The van der Waals surface area contributed by atoms with Crippen LogP contribution in [0.25, 0.3) is 0 Å². The minimum Gasteiger partial charge on any atom is -0.385 e. The second kappa shape index (κ2) is 2.20. The first-order chi connectivity index (χ1) is 5.62. The molecule has 0 spiro atoms. The SMILES string of the molecule is Cn1ccc(C2(O)CC2)cc1=O. The number of hydrogen-bond donors (Lipinski definition) is 1. The van der Waals surface area contributed by atoms with Crippen molar-refractivity contribution in [1.82, 2.24) is 4.57 Å². The molecule has 64 valence electrons. The molecule has 1 saturated carbocycles. The Labute approximate surface area is 70.3 Å². The molecule has 0 aromatic carbocycles. The molecule has 1 N–H and O–H groups in total. The van der Waals surface area contributed by atoms with Crippen LogP contribution in [0.1, 0.15) is 18.4 Å². The highest BCUT2D eigenvalue weighted by molar-refractivity contribution is 5.24. The van der Waals surface area contributed by atoms with Crippen LogP contribution < -0.4 is 5.56 Å². The first-order valence-corrected chi connectivity index (χ1v) is 4.01. The lowest BCUT2D eigenvalue weighted by atomic mass is 10.1. The van der Waals surface area contributed by atoms with Crippen molar-refractivity contribution in [3.8, 4) is 0 Å². The number of nitrogens with zero attached hydrogens (tertiary/aromatic N) is 1. The van der Waals surface area contributed by atoms with Gasteiger partial charge in [0.2, 0.25) is 0 Å². The van der Waals surface area contributed by atoms with Gasteiger partial charge in [-0.05, 0) is 24.5 Å². The van der Waals surface area contributed by atoms with Gasteiger partial charge in [0.25, 0.3) is 5.56 Å². The summed E-state index contributed by atoms with van der Waals surface area (Å²) < 4.78 is 1.50. The Morgan fingerprint density at radius 3 is 2.75 bits per heavy atom. The molecule has 1 aromatic heterocycles. The number of pyridine rings is 1. The molecule has 0 aliphatic heterocycles. The summed E-state index contributed by atoms with van der Waals surface area (Å²) in [6, 6.07) is 3.31. The Hall–Kier alpha value is -1.09. The topological polar surface area (TPSA) is 42.2 Å². The van der Waals surface area contributed by atoms with Crippen molar-refractivity contribution in [3.05, 3.63) is 34.2 Å². The zero-order valence-electron chi connectivity index (χ0n) is 6.95. The van der Waals surface area contributed by atoms with E-state index in [1.165, 1.54) is 10.6 Å². The number of hydrogen-bond acceptors (Lipinski definition) is 2. The highest BCUT2D eigenvalue weighted by atomic mass is 16.3. The van der Waals surface area contributed by atoms with Crippen molar-refractivity contribution in [2.75, 3.05) is 0 Å². The van der Waals surface area contributed by atoms with Crippen molar-refractivity contribution >= 4 is 0 Å². The molecule has 0 unspecified atom stereocenters. The van der Waals surface area contributed by atoms with E-state index in [-0.39, 0.29) is 5.56 Å². The van der Waals surface area contributed by atoms with Crippen LogP contribution >= 0.6 is 0 Å². The van der Waals surface area contributed by atoms with Crippen LogP contribution in [0.15, 0.2) is 23.1 Å². The third-order valence-electron chi connectivity index (χ3n) is 2.37. The Balaban J connectivity index is 2.48.